The van der Waals surface area contributed by atoms with Crippen LogP contribution in [-0.4, -0.2) is 24.4 Å². The zero-order valence-corrected chi connectivity index (χ0v) is 17.1. The van der Waals surface area contributed by atoms with E-state index in [1.165, 1.54) is 96.3 Å². The Morgan fingerprint density at radius 3 is 1.42 bits per heavy atom. The van der Waals surface area contributed by atoms with Crippen LogP contribution >= 0.6 is 0 Å². The van der Waals surface area contributed by atoms with E-state index in [0.717, 1.165) is 19.4 Å². The highest BCUT2D eigenvalue weighted by Gasteiger charge is 2.07. The topological polar surface area (TPSA) is 20.3 Å². The van der Waals surface area contributed by atoms with Crippen molar-refractivity contribution in [2.24, 2.45) is 0 Å². The van der Waals surface area contributed by atoms with E-state index in [0.29, 0.717) is 5.91 Å². The minimum atomic E-state index is 0.351. The van der Waals surface area contributed by atoms with Gasteiger partial charge in [-0.25, -0.2) is 0 Å². The van der Waals surface area contributed by atoms with E-state index in [9.17, 15) is 4.79 Å². The fourth-order valence-corrected chi connectivity index (χ4v) is 3.21. The van der Waals surface area contributed by atoms with Crippen molar-refractivity contribution < 1.29 is 4.79 Å². The number of carbonyl (C=O) groups is 1. The Balaban J connectivity index is 3.33. The molecule has 0 atom stereocenters. The molecule has 0 saturated heterocycles. The van der Waals surface area contributed by atoms with Crippen molar-refractivity contribution in [1.29, 1.82) is 0 Å². The quantitative estimate of drug-likeness (QED) is 0.243. The molecular weight excluding hydrogens is 294 g/mol. The Bertz CT molecular complexity index is 265. The van der Waals surface area contributed by atoms with Crippen molar-refractivity contribution in [3.8, 4) is 0 Å². The molecular formula is C22H45NO. The summed E-state index contributed by atoms with van der Waals surface area (Å²) in [6.07, 6.45) is 21.8. The molecule has 0 rings (SSSR count). The molecule has 0 fully saturated rings. The smallest absolute Gasteiger partial charge is 0.222 e. The van der Waals surface area contributed by atoms with Crippen molar-refractivity contribution in [2.45, 2.75) is 123 Å². The van der Waals surface area contributed by atoms with Gasteiger partial charge >= 0.3 is 0 Å². The van der Waals surface area contributed by atoms with E-state index >= 15 is 0 Å². The molecule has 0 saturated carbocycles. The highest BCUT2D eigenvalue weighted by Crippen LogP contribution is 2.11. The van der Waals surface area contributed by atoms with Gasteiger partial charge in [-0.2, -0.15) is 0 Å². The number of carbonyl (C=O) groups excluding carboxylic acids is 1. The maximum Gasteiger partial charge on any atom is 0.222 e. The molecule has 24 heavy (non-hydrogen) atoms. The first-order valence-corrected chi connectivity index (χ1v) is 11.0. The molecule has 0 aliphatic heterocycles. The maximum atomic E-state index is 12.1. The lowest BCUT2D eigenvalue weighted by atomic mass is 10.1. The standard InChI is InChI=1S/C22H45NO/c1-4-6-8-10-12-13-14-16-18-20-22(24)23(3)21-19-17-15-11-9-7-5-2/h4-21H2,1-3H3. The molecule has 0 aromatic rings. The molecule has 0 N–H and O–H groups in total. The van der Waals surface area contributed by atoms with Crippen LogP contribution in [0.1, 0.15) is 123 Å². The van der Waals surface area contributed by atoms with Crippen LogP contribution in [0.4, 0.5) is 0 Å². The van der Waals surface area contributed by atoms with Crippen molar-refractivity contribution in [2.75, 3.05) is 13.6 Å². The van der Waals surface area contributed by atoms with E-state index in [2.05, 4.69) is 13.8 Å². The molecule has 0 radical (unpaired) electrons. The van der Waals surface area contributed by atoms with E-state index in [4.69, 9.17) is 0 Å². The molecule has 144 valence electrons. The zero-order chi connectivity index (χ0) is 17.9. The molecule has 0 heterocycles. The first-order valence-electron chi connectivity index (χ1n) is 11.0. The maximum absolute atomic E-state index is 12.1. The van der Waals surface area contributed by atoms with Crippen molar-refractivity contribution in [1.82, 2.24) is 4.90 Å². The Kier molecular flexibility index (Phi) is 18.4. The van der Waals surface area contributed by atoms with Crippen LogP contribution in [0.3, 0.4) is 0 Å². The molecule has 1 amide bonds. The van der Waals surface area contributed by atoms with Gasteiger partial charge in [-0.05, 0) is 12.8 Å². The second-order valence-corrected chi connectivity index (χ2v) is 7.52. The van der Waals surface area contributed by atoms with Crippen LogP contribution in [-0.2, 0) is 4.79 Å². The minimum Gasteiger partial charge on any atom is -0.346 e. The fourth-order valence-electron chi connectivity index (χ4n) is 3.21. The van der Waals surface area contributed by atoms with Gasteiger partial charge in [-0.3, -0.25) is 4.79 Å². The lowest BCUT2D eigenvalue weighted by Crippen LogP contribution is -2.27. The number of rotatable bonds is 18. The third kappa shape index (κ3) is 16.3. The third-order valence-corrected chi connectivity index (χ3v) is 5.02. The van der Waals surface area contributed by atoms with E-state index in [1.807, 2.05) is 11.9 Å². The summed E-state index contributed by atoms with van der Waals surface area (Å²) in [5.74, 6) is 0.351. The summed E-state index contributed by atoms with van der Waals surface area (Å²) in [5, 5.41) is 0. The fraction of sp³-hybridized carbons (Fsp3) is 0.955. The van der Waals surface area contributed by atoms with Crippen LogP contribution in [0.2, 0.25) is 0 Å². The van der Waals surface area contributed by atoms with Gasteiger partial charge in [0.1, 0.15) is 0 Å². The predicted octanol–water partition coefficient (Wildman–Crippen LogP) is 7.12. The van der Waals surface area contributed by atoms with Gasteiger partial charge in [0.05, 0.1) is 0 Å². The summed E-state index contributed by atoms with van der Waals surface area (Å²) in [6.45, 7) is 5.47. The van der Waals surface area contributed by atoms with Crippen molar-refractivity contribution >= 4 is 5.91 Å². The van der Waals surface area contributed by atoms with Gasteiger partial charge < -0.3 is 4.90 Å². The molecule has 0 aromatic heterocycles. The molecule has 0 unspecified atom stereocenters. The first-order chi connectivity index (χ1) is 11.7. The van der Waals surface area contributed by atoms with Crippen LogP contribution in [0, 0.1) is 0 Å². The second-order valence-electron chi connectivity index (χ2n) is 7.52. The zero-order valence-electron chi connectivity index (χ0n) is 17.1. The SMILES string of the molecule is CCCCCCCCCCCC(=O)N(C)CCCCCCCCC. The second kappa shape index (κ2) is 18.8. The molecule has 2 nitrogen and oxygen atoms in total. The number of unbranched alkanes of at least 4 members (excludes halogenated alkanes) is 14. The lowest BCUT2D eigenvalue weighted by Gasteiger charge is -2.17. The summed E-state index contributed by atoms with van der Waals surface area (Å²) in [7, 11) is 1.98. The molecule has 2 heteroatoms. The minimum absolute atomic E-state index is 0.351. The van der Waals surface area contributed by atoms with Gasteiger partial charge in [-0.1, -0.05) is 104 Å². The summed E-state index contributed by atoms with van der Waals surface area (Å²) in [6, 6.07) is 0. The normalized spacial score (nSPS) is 11.0. The highest BCUT2D eigenvalue weighted by atomic mass is 16.2. The van der Waals surface area contributed by atoms with Gasteiger partial charge in [0.15, 0.2) is 0 Å². The average molecular weight is 340 g/mol. The molecule has 0 aromatic carbocycles. The lowest BCUT2D eigenvalue weighted by molar-refractivity contribution is -0.130. The number of hydrogen-bond donors (Lipinski definition) is 0. The highest BCUT2D eigenvalue weighted by molar-refractivity contribution is 5.75. The van der Waals surface area contributed by atoms with E-state index < -0.39 is 0 Å². The van der Waals surface area contributed by atoms with Crippen LogP contribution in [0.15, 0.2) is 0 Å². The Morgan fingerprint density at radius 2 is 0.958 bits per heavy atom. The number of hydrogen-bond acceptors (Lipinski definition) is 1. The predicted molar refractivity (Wildman–Crippen MR) is 107 cm³/mol. The Labute approximate surface area is 152 Å². The molecule has 0 spiro atoms. The summed E-state index contributed by atoms with van der Waals surface area (Å²) in [4.78, 5) is 14.0. The van der Waals surface area contributed by atoms with Gasteiger partial charge in [-0.15, -0.1) is 0 Å². The molecule has 0 aliphatic rings. The van der Waals surface area contributed by atoms with Gasteiger partial charge in [0, 0.05) is 20.0 Å². The van der Waals surface area contributed by atoms with Crippen LogP contribution in [0.25, 0.3) is 0 Å². The van der Waals surface area contributed by atoms with Crippen molar-refractivity contribution in [3.05, 3.63) is 0 Å². The summed E-state index contributed by atoms with van der Waals surface area (Å²) < 4.78 is 0. The van der Waals surface area contributed by atoms with Crippen molar-refractivity contribution in [3.63, 3.8) is 0 Å². The average Bonchev–Trinajstić information content (AvgIpc) is 2.59. The number of nitrogens with zero attached hydrogens (tertiary/aromatic N) is 1. The third-order valence-electron chi connectivity index (χ3n) is 5.02. The summed E-state index contributed by atoms with van der Waals surface area (Å²) >= 11 is 0. The van der Waals surface area contributed by atoms with Gasteiger partial charge in [0.25, 0.3) is 0 Å². The number of amides is 1. The first kappa shape index (κ1) is 23.5. The largest absolute Gasteiger partial charge is 0.346 e. The van der Waals surface area contributed by atoms with Gasteiger partial charge in [0.2, 0.25) is 5.91 Å². The Morgan fingerprint density at radius 1 is 0.583 bits per heavy atom. The summed E-state index contributed by atoms with van der Waals surface area (Å²) in [5.41, 5.74) is 0. The monoisotopic (exact) mass is 339 g/mol. The Hall–Kier alpha value is -0.530. The van der Waals surface area contributed by atoms with Crippen LogP contribution < -0.4 is 0 Å². The van der Waals surface area contributed by atoms with E-state index in [-0.39, 0.29) is 0 Å². The van der Waals surface area contributed by atoms with E-state index in [1.54, 1.807) is 0 Å². The molecule has 0 bridgehead atoms. The molecule has 0 aliphatic carbocycles. The van der Waals surface area contributed by atoms with Crippen LogP contribution in [0.5, 0.6) is 0 Å².